The second-order valence-corrected chi connectivity index (χ2v) is 7.31. The van der Waals surface area contributed by atoms with Crippen molar-refractivity contribution in [2.75, 3.05) is 6.61 Å². The van der Waals surface area contributed by atoms with E-state index in [2.05, 4.69) is 36.5 Å². The Labute approximate surface area is 176 Å². The lowest BCUT2D eigenvalue weighted by Crippen LogP contribution is -2.48. The highest BCUT2D eigenvalue weighted by molar-refractivity contribution is 5.96. The van der Waals surface area contributed by atoms with Crippen molar-refractivity contribution in [3.63, 3.8) is 0 Å². The molecule has 6 heteroatoms. The highest BCUT2D eigenvalue weighted by atomic mass is 16.3. The van der Waals surface area contributed by atoms with E-state index in [1.54, 1.807) is 12.1 Å². The van der Waals surface area contributed by atoms with E-state index in [0.29, 0.717) is 12.0 Å². The van der Waals surface area contributed by atoms with Crippen molar-refractivity contribution in [1.29, 1.82) is 0 Å². The van der Waals surface area contributed by atoms with Crippen LogP contribution in [-0.2, 0) is 16.0 Å². The molecule has 2 atom stereocenters. The van der Waals surface area contributed by atoms with Crippen LogP contribution in [-0.4, -0.2) is 46.4 Å². The molecule has 6 nitrogen and oxygen atoms in total. The summed E-state index contributed by atoms with van der Waals surface area (Å²) in [6, 6.07) is 14.6. The molecule has 1 amide bonds. The van der Waals surface area contributed by atoms with Crippen LogP contribution >= 0.6 is 0 Å². The number of amides is 1. The third kappa shape index (κ3) is 6.61. The van der Waals surface area contributed by atoms with Crippen LogP contribution in [0.4, 0.5) is 0 Å². The predicted octanol–water partition coefficient (Wildman–Crippen LogP) is 2.70. The zero-order valence-electron chi connectivity index (χ0n) is 17.4. The summed E-state index contributed by atoms with van der Waals surface area (Å²) in [4.78, 5) is 35.9. The lowest BCUT2D eigenvalue weighted by molar-refractivity contribution is -0.131. The van der Waals surface area contributed by atoms with Crippen molar-refractivity contribution in [2.24, 2.45) is 0 Å². The molecule has 0 bridgehead atoms. The molecular weight excluding hydrogens is 382 g/mol. The Morgan fingerprint density at radius 1 is 0.933 bits per heavy atom. The quantitative estimate of drug-likeness (QED) is 0.493. The minimum Gasteiger partial charge on any atom is -0.391 e. The van der Waals surface area contributed by atoms with Crippen LogP contribution < -0.4 is 5.32 Å². The van der Waals surface area contributed by atoms with Gasteiger partial charge in [-0.05, 0) is 36.5 Å². The van der Waals surface area contributed by atoms with Crippen molar-refractivity contribution in [3.05, 3.63) is 59.7 Å². The summed E-state index contributed by atoms with van der Waals surface area (Å²) in [6.07, 6.45) is 0.459. The zero-order valence-corrected chi connectivity index (χ0v) is 17.4. The number of nitrogens with one attached hydrogen (secondary N) is 1. The van der Waals surface area contributed by atoms with Gasteiger partial charge in [0.2, 0.25) is 5.91 Å². The maximum atomic E-state index is 12.4. The zero-order chi connectivity index (χ0) is 22.1. The second kappa shape index (κ2) is 11.4. The van der Waals surface area contributed by atoms with Crippen molar-refractivity contribution in [3.8, 4) is 11.1 Å². The smallest absolute Gasteiger partial charge is 0.220 e. The monoisotopic (exact) mass is 411 g/mol. The molecule has 0 aromatic heterocycles. The van der Waals surface area contributed by atoms with Crippen LogP contribution in [0.25, 0.3) is 11.1 Å². The molecule has 0 fully saturated rings. The van der Waals surface area contributed by atoms with Crippen LogP contribution in [0.1, 0.15) is 49.0 Å². The largest absolute Gasteiger partial charge is 0.391 e. The number of rotatable bonds is 11. The number of Topliss-reactive ketones (excluding diaryl/α,β-unsaturated/α-hetero) is 2. The van der Waals surface area contributed by atoms with Gasteiger partial charge in [-0.15, -0.1) is 0 Å². The van der Waals surface area contributed by atoms with Gasteiger partial charge in [0.25, 0.3) is 0 Å². The maximum Gasteiger partial charge on any atom is 0.220 e. The molecule has 160 valence electrons. The Kier molecular flexibility index (Phi) is 8.89. The third-order valence-electron chi connectivity index (χ3n) is 5.01. The van der Waals surface area contributed by atoms with Gasteiger partial charge in [0.05, 0.1) is 6.10 Å². The summed E-state index contributed by atoms with van der Waals surface area (Å²) < 4.78 is 0. The normalized spacial score (nSPS) is 12.8. The SMILES string of the molecule is CCc1ccc(-c2ccc(C(=O)CCCC(=O)N[C@H](C(=O)CO)[C@@H](C)O)cc2)cc1. The number of benzene rings is 2. The first-order valence-corrected chi connectivity index (χ1v) is 10.2. The van der Waals surface area contributed by atoms with Crippen molar-refractivity contribution >= 4 is 17.5 Å². The number of carbonyl (C=O) groups is 3. The standard InChI is InChI=1S/C24H29NO5/c1-3-17-7-9-18(10-8-17)19-11-13-20(14-12-19)21(28)5-4-6-23(30)25-24(16(2)27)22(29)15-26/h7-14,16,24,26-27H,3-6,15H2,1-2H3,(H,25,30)/t16-,24+/m1/s1. The van der Waals surface area contributed by atoms with Crippen LogP contribution in [0.5, 0.6) is 0 Å². The molecule has 3 N–H and O–H groups in total. The average molecular weight is 411 g/mol. The van der Waals surface area contributed by atoms with Crippen LogP contribution in [0.2, 0.25) is 0 Å². The van der Waals surface area contributed by atoms with Crippen LogP contribution in [0.15, 0.2) is 48.5 Å². The second-order valence-electron chi connectivity index (χ2n) is 7.31. The lowest BCUT2D eigenvalue weighted by atomic mass is 9.99. The highest BCUT2D eigenvalue weighted by Gasteiger charge is 2.24. The Balaban J connectivity index is 1.86. The molecule has 2 aromatic rings. The molecule has 0 saturated heterocycles. The van der Waals surface area contributed by atoms with Gasteiger partial charge in [-0.1, -0.05) is 55.5 Å². The van der Waals surface area contributed by atoms with Crippen LogP contribution in [0.3, 0.4) is 0 Å². The van der Waals surface area contributed by atoms with Crippen molar-refractivity contribution in [1.82, 2.24) is 5.32 Å². The van der Waals surface area contributed by atoms with Crippen molar-refractivity contribution < 1.29 is 24.6 Å². The maximum absolute atomic E-state index is 12.4. The molecule has 0 heterocycles. The number of aliphatic hydroxyl groups excluding tert-OH is 2. The summed E-state index contributed by atoms with van der Waals surface area (Å²) in [5, 5.41) is 20.9. The Morgan fingerprint density at radius 2 is 1.50 bits per heavy atom. The van der Waals surface area contributed by atoms with E-state index < -0.39 is 30.4 Å². The minimum atomic E-state index is -1.14. The predicted molar refractivity (Wildman–Crippen MR) is 115 cm³/mol. The molecule has 2 aromatic carbocycles. The highest BCUT2D eigenvalue weighted by Crippen LogP contribution is 2.21. The first kappa shape index (κ1) is 23.4. The number of aryl methyl sites for hydroxylation is 1. The molecule has 0 unspecified atom stereocenters. The summed E-state index contributed by atoms with van der Waals surface area (Å²) in [5.41, 5.74) is 3.98. The van der Waals surface area contributed by atoms with E-state index in [-0.39, 0.29) is 18.6 Å². The average Bonchev–Trinajstić information content (AvgIpc) is 2.76. The molecule has 0 aliphatic rings. The molecule has 0 spiro atoms. The first-order valence-electron chi connectivity index (χ1n) is 10.2. The fourth-order valence-corrected chi connectivity index (χ4v) is 3.15. The van der Waals surface area contributed by atoms with Gasteiger partial charge in [-0.25, -0.2) is 0 Å². The summed E-state index contributed by atoms with van der Waals surface area (Å²) in [7, 11) is 0. The number of hydrogen-bond donors (Lipinski definition) is 3. The molecule has 0 saturated carbocycles. The number of aliphatic hydroxyl groups is 2. The number of ketones is 2. The van der Waals surface area contributed by atoms with Gasteiger partial charge >= 0.3 is 0 Å². The van der Waals surface area contributed by atoms with Gasteiger partial charge < -0.3 is 15.5 Å². The molecule has 0 aliphatic carbocycles. The van der Waals surface area contributed by atoms with E-state index in [1.165, 1.54) is 12.5 Å². The summed E-state index contributed by atoms with van der Waals surface area (Å²) in [5.74, 6) is -1.16. The number of carbonyl (C=O) groups excluding carboxylic acids is 3. The topological polar surface area (TPSA) is 104 Å². The van der Waals surface area contributed by atoms with Gasteiger partial charge in [0.15, 0.2) is 11.6 Å². The first-order chi connectivity index (χ1) is 14.3. The lowest BCUT2D eigenvalue weighted by Gasteiger charge is -2.19. The van der Waals surface area contributed by atoms with Crippen molar-refractivity contribution in [2.45, 2.75) is 51.7 Å². The Hall–Kier alpha value is -2.83. The van der Waals surface area contributed by atoms with Crippen LogP contribution in [0, 0.1) is 0 Å². The fourth-order valence-electron chi connectivity index (χ4n) is 3.15. The van der Waals surface area contributed by atoms with E-state index in [1.807, 2.05) is 12.1 Å². The third-order valence-corrected chi connectivity index (χ3v) is 5.01. The van der Waals surface area contributed by atoms with Gasteiger partial charge in [-0.3, -0.25) is 14.4 Å². The number of hydrogen-bond acceptors (Lipinski definition) is 5. The molecular formula is C24H29NO5. The fraction of sp³-hybridized carbons (Fsp3) is 0.375. The van der Waals surface area contributed by atoms with E-state index in [9.17, 15) is 19.5 Å². The van der Waals surface area contributed by atoms with E-state index >= 15 is 0 Å². The molecule has 0 radical (unpaired) electrons. The Morgan fingerprint density at radius 3 is 2.00 bits per heavy atom. The van der Waals surface area contributed by atoms with E-state index in [0.717, 1.165) is 17.5 Å². The molecule has 30 heavy (non-hydrogen) atoms. The Bertz CT molecular complexity index is 856. The molecule has 2 rings (SSSR count). The minimum absolute atomic E-state index is 0.0511. The van der Waals surface area contributed by atoms with Gasteiger partial charge in [0.1, 0.15) is 12.6 Å². The summed E-state index contributed by atoms with van der Waals surface area (Å²) in [6.45, 7) is 2.72. The van der Waals surface area contributed by atoms with E-state index in [4.69, 9.17) is 5.11 Å². The summed E-state index contributed by atoms with van der Waals surface area (Å²) >= 11 is 0. The van der Waals surface area contributed by atoms with Gasteiger partial charge in [-0.2, -0.15) is 0 Å². The van der Waals surface area contributed by atoms with Gasteiger partial charge in [0, 0.05) is 18.4 Å². The molecule has 0 aliphatic heterocycles.